The van der Waals surface area contributed by atoms with E-state index in [0.717, 1.165) is 25.5 Å². The van der Waals surface area contributed by atoms with E-state index in [9.17, 15) is 4.79 Å². The lowest BCUT2D eigenvalue weighted by Gasteiger charge is -2.35. The van der Waals surface area contributed by atoms with Gasteiger partial charge >= 0.3 is 0 Å². The molecule has 1 unspecified atom stereocenters. The molecule has 3 rings (SSSR count). The summed E-state index contributed by atoms with van der Waals surface area (Å²) < 4.78 is 2.02. The average Bonchev–Trinajstić information content (AvgIpc) is 3.02. The van der Waals surface area contributed by atoms with Gasteiger partial charge in [0.05, 0.1) is 21.8 Å². The van der Waals surface area contributed by atoms with Crippen LogP contribution in [0.2, 0.25) is 10.0 Å². The Kier molecular flexibility index (Phi) is 7.73. The zero-order chi connectivity index (χ0) is 17.8. The van der Waals surface area contributed by atoms with E-state index in [1.165, 1.54) is 0 Å². The predicted molar refractivity (Wildman–Crippen MR) is 107 cm³/mol. The number of nitrogens with zero attached hydrogens (tertiary/aromatic N) is 3. The van der Waals surface area contributed by atoms with Crippen molar-refractivity contribution in [3.63, 3.8) is 0 Å². The molecule has 1 aliphatic rings. The molecule has 6 nitrogen and oxygen atoms in total. The number of para-hydroxylation sites is 1. The van der Waals surface area contributed by atoms with Gasteiger partial charge in [-0.2, -0.15) is 0 Å². The van der Waals surface area contributed by atoms with Crippen molar-refractivity contribution in [2.45, 2.75) is 12.5 Å². The van der Waals surface area contributed by atoms with Crippen molar-refractivity contribution in [2.24, 2.45) is 7.05 Å². The van der Waals surface area contributed by atoms with Gasteiger partial charge in [-0.3, -0.25) is 9.69 Å². The molecule has 142 valence electrons. The summed E-state index contributed by atoms with van der Waals surface area (Å²) in [6, 6.07) is 5.32. The first-order valence-corrected chi connectivity index (χ1v) is 8.97. The van der Waals surface area contributed by atoms with Crippen LogP contribution in [0.4, 0.5) is 5.69 Å². The van der Waals surface area contributed by atoms with E-state index in [0.29, 0.717) is 28.7 Å². The van der Waals surface area contributed by atoms with Gasteiger partial charge in [-0.25, -0.2) is 4.98 Å². The maximum absolute atomic E-state index is 12.3. The second-order valence-electron chi connectivity index (χ2n) is 6.05. The molecule has 1 aliphatic heterocycles. The van der Waals surface area contributed by atoms with Gasteiger partial charge in [0.1, 0.15) is 5.82 Å². The fourth-order valence-electron chi connectivity index (χ4n) is 3.03. The molecule has 1 amide bonds. The van der Waals surface area contributed by atoms with Crippen LogP contribution in [0.15, 0.2) is 30.6 Å². The highest BCUT2D eigenvalue weighted by atomic mass is 35.5. The molecule has 2 N–H and O–H groups in total. The smallest absolute Gasteiger partial charge is 0.225 e. The molecule has 9 heteroatoms. The molecule has 0 spiro atoms. The summed E-state index contributed by atoms with van der Waals surface area (Å²) in [7, 11) is 1.99. The van der Waals surface area contributed by atoms with Crippen molar-refractivity contribution in [2.75, 3.05) is 31.5 Å². The second-order valence-corrected chi connectivity index (χ2v) is 6.86. The van der Waals surface area contributed by atoms with Gasteiger partial charge in [0, 0.05) is 52.0 Å². The number of rotatable bonds is 5. The van der Waals surface area contributed by atoms with E-state index >= 15 is 0 Å². The standard InChI is InChI=1S/C17H21Cl2N5O.ClH/c1-23-9-7-21-17(23)14-11-20-6-10-24(14)8-5-15(25)22-16-12(18)3-2-4-13(16)19;/h2-4,7,9,14,20H,5-6,8,10-11H2,1H3,(H,22,25);1H. The van der Waals surface area contributed by atoms with Crippen LogP contribution in [0.1, 0.15) is 18.3 Å². The average molecular weight is 419 g/mol. The summed E-state index contributed by atoms with van der Waals surface area (Å²) in [5.74, 6) is 0.897. The largest absolute Gasteiger partial charge is 0.337 e. The first-order valence-electron chi connectivity index (χ1n) is 8.22. The number of benzene rings is 1. The fraction of sp³-hybridized carbons (Fsp3) is 0.412. The Hall–Kier alpha value is -1.31. The number of hydrogen-bond acceptors (Lipinski definition) is 4. The number of hydrogen-bond donors (Lipinski definition) is 2. The van der Waals surface area contributed by atoms with Crippen molar-refractivity contribution in [3.05, 3.63) is 46.5 Å². The highest BCUT2D eigenvalue weighted by Crippen LogP contribution is 2.30. The Balaban J connectivity index is 0.00000243. The Bertz CT molecular complexity index is 731. The van der Waals surface area contributed by atoms with Crippen molar-refractivity contribution >= 4 is 47.2 Å². The SMILES string of the molecule is Cl.Cn1ccnc1C1CNCCN1CCC(=O)Nc1c(Cl)cccc1Cl. The van der Waals surface area contributed by atoms with Crippen molar-refractivity contribution in [3.8, 4) is 0 Å². The van der Waals surface area contributed by atoms with E-state index in [2.05, 4.69) is 20.5 Å². The normalized spacial score (nSPS) is 17.6. The van der Waals surface area contributed by atoms with Gasteiger partial charge in [-0.15, -0.1) is 12.4 Å². The third kappa shape index (κ3) is 4.90. The van der Waals surface area contributed by atoms with Gasteiger partial charge < -0.3 is 15.2 Å². The third-order valence-electron chi connectivity index (χ3n) is 4.36. The summed E-state index contributed by atoms with van der Waals surface area (Å²) >= 11 is 12.2. The number of anilines is 1. The van der Waals surface area contributed by atoms with Crippen LogP contribution in [0, 0.1) is 0 Å². The zero-order valence-electron chi connectivity index (χ0n) is 14.4. The number of halogens is 3. The second kappa shape index (κ2) is 9.58. The quantitative estimate of drug-likeness (QED) is 0.783. The van der Waals surface area contributed by atoms with Crippen LogP contribution in [-0.2, 0) is 11.8 Å². The number of nitrogens with one attached hydrogen (secondary N) is 2. The summed E-state index contributed by atoms with van der Waals surface area (Å²) in [6.07, 6.45) is 4.10. The molecule has 1 fully saturated rings. The minimum absolute atomic E-state index is 0. The van der Waals surface area contributed by atoms with Crippen molar-refractivity contribution in [1.82, 2.24) is 19.8 Å². The first kappa shape index (κ1) is 21.0. The summed E-state index contributed by atoms with van der Waals surface area (Å²) in [5.41, 5.74) is 0.469. The van der Waals surface area contributed by atoms with Crippen LogP contribution in [-0.4, -0.2) is 46.5 Å². The van der Waals surface area contributed by atoms with E-state index < -0.39 is 0 Å². The molecule has 0 bridgehead atoms. The first-order chi connectivity index (χ1) is 12.1. The maximum atomic E-state index is 12.3. The minimum atomic E-state index is -0.105. The van der Waals surface area contributed by atoms with Gasteiger partial charge in [0.2, 0.25) is 5.91 Å². The number of amides is 1. The van der Waals surface area contributed by atoms with E-state index in [1.54, 1.807) is 24.4 Å². The number of piperazine rings is 1. The summed E-state index contributed by atoms with van der Waals surface area (Å²) in [5, 5.41) is 7.08. The molecule has 0 aliphatic carbocycles. The molecular weight excluding hydrogens is 397 g/mol. The molecule has 1 aromatic heterocycles. The molecular formula is C17H22Cl3N5O. The topological polar surface area (TPSA) is 62.2 Å². The molecule has 0 saturated carbocycles. The van der Waals surface area contributed by atoms with E-state index in [1.807, 2.05) is 17.8 Å². The monoisotopic (exact) mass is 417 g/mol. The third-order valence-corrected chi connectivity index (χ3v) is 4.99. The zero-order valence-corrected chi connectivity index (χ0v) is 16.7. The minimum Gasteiger partial charge on any atom is -0.337 e. The number of aryl methyl sites for hydroxylation is 1. The molecule has 2 heterocycles. The lowest BCUT2D eigenvalue weighted by Crippen LogP contribution is -2.47. The van der Waals surface area contributed by atoms with Crippen LogP contribution in [0.25, 0.3) is 0 Å². The fourth-order valence-corrected chi connectivity index (χ4v) is 3.52. The van der Waals surface area contributed by atoms with Gasteiger partial charge in [0.25, 0.3) is 0 Å². The molecule has 26 heavy (non-hydrogen) atoms. The maximum Gasteiger partial charge on any atom is 0.225 e. The van der Waals surface area contributed by atoms with Crippen LogP contribution >= 0.6 is 35.6 Å². The van der Waals surface area contributed by atoms with Crippen LogP contribution < -0.4 is 10.6 Å². The lowest BCUT2D eigenvalue weighted by atomic mass is 10.1. The van der Waals surface area contributed by atoms with Crippen molar-refractivity contribution in [1.29, 1.82) is 0 Å². The van der Waals surface area contributed by atoms with Crippen molar-refractivity contribution < 1.29 is 4.79 Å². The molecule has 1 aromatic carbocycles. The number of aromatic nitrogens is 2. The number of carbonyl (C=O) groups excluding carboxylic acids is 1. The highest BCUT2D eigenvalue weighted by Gasteiger charge is 2.27. The molecule has 2 aromatic rings. The molecule has 1 atom stereocenters. The molecule has 1 saturated heterocycles. The van der Waals surface area contributed by atoms with E-state index in [-0.39, 0.29) is 24.4 Å². The number of imidazole rings is 1. The van der Waals surface area contributed by atoms with Crippen LogP contribution in [0.5, 0.6) is 0 Å². The summed E-state index contributed by atoms with van der Waals surface area (Å²) in [4.78, 5) is 19.1. The van der Waals surface area contributed by atoms with Gasteiger partial charge in [-0.05, 0) is 12.1 Å². The van der Waals surface area contributed by atoms with Gasteiger partial charge in [-0.1, -0.05) is 29.3 Å². The van der Waals surface area contributed by atoms with Gasteiger partial charge in [0.15, 0.2) is 0 Å². The number of carbonyl (C=O) groups is 1. The van der Waals surface area contributed by atoms with E-state index in [4.69, 9.17) is 23.2 Å². The lowest BCUT2D eigenvalue weighted by molar-refractivity contribution is -0.116. The Morgan fingerprint density at radius 2 is 2.12 bits per heavy atom. The van der Waals surface area contributed by atoms with Crippen LogP contribution in [0.3, 0.4) is 0 Å². The Morgan fingerprint density at radius 1 is 1.38 bits per heavy atom. The highest BCUT2D eigenvalue weighted by molar-refractivity contribution is 6.39. The predicted octanol–water partition coefficient (Wildman–Crippen LogP) is 3.12. The Morgan fingerprint density at radius 3 is 2.77 bits per heavy atom. The summed E-state index contributed by atoms with van der Waals surface area (Å²) in [6.45, 7) is 3.24. The molecule has 0 radical (unpaired) electrons. The Labute approximate surface area is 169 Å².